The van der Waals surface area contributed by atoms with Crippen LogP contribution in [-0.4, -0.2) is 25.1 Å². The summed E-state index contributed by atoms with van der Waals surface area (Å²) in [6.45, 7) is 2.14. The second kappa shape index (κ2) is 6.68. The van der Waals surface area contributed by atoms with Gasteiger partial charge in [-0.25, -0.2) is 4.39 Å². The lowest BCUT2D eigenvalue weighted by Crippen LogP contribution is -2.33. The molecule has 1 aromatic carbocycles. The highest BCUT2D eigenvalue weighted by atomic mass is 127. The monoisotopic (exact) mass is 368 g/mol. The van der Waals surface area contributed by atoms with E-state index in [-0.39, 0.29) is 5.82 Å². The number of anilines is 2. The Morgan fingerprint density at radius 2 is 2.18 bits per heavy atom. The third-order valence-corrected chi connectivity index (χ3v) is 4.37. The van der Waals surface area contributed by atoms with E-state index in [1.54, 1.807) is 17.8 Å². The van der Waals surface area contributed by atoms with Crippen molar-refractivity contribution >= 4 is 45.7 Å². The van der Waals surface area contributed by atoms with Crippen molar-refractivity contribution in [3.63, 3.8) is 0 Å². The molecule has 0 spiro atoms. The van der Waals surface area contributed by atoms with Gasteiger partial charge >= 0.3 is 0 Å². The van der Waals surface area contributed by atoms with Crippen molar-refractivity contribution in [3.8, 4) is 0 Å². The topological polar surface area (TPSA) is 29.3 Å². The first kappa shape index (κ1) is 14.9. The Kier molecular flexibility index (Phi) is 5.85. The van der Waals surface area contributed by atoms with Crippen LogP contribution in [-0.2, 0) is 0 Å². The number of hydrogen-bond donors (Lipinski definition) is 1. The van der Waals surface area contributed by atoms with E-state index in [1.807, 2.05) is 29.6 Å². The fourth-order valence-corrected chi connectivity index (χ4v) is 3.09. The second-order valence-corrected chi connectivity index (χ2v) is 6.03. The van der Waals surface area contributed by atoms with E-state index in [4.69, 9.17) is 5.73 Å². The molecule has 0 aliphatic carbocycles. The molecule has 96 valence electrons. The number of thioether (sulfide) groups is 1. The van der Waals surface area contributed by atoms with Crippen molar-refractivity contribution in [2.75, 3.05) is 29.7 Å². The maximum Gasteiger partial charge on any atom is 0.138 e. The Morgan fingerprint density at radius 3 is 2.71 bits per heavy atom. The standard InChI is InChI=1S/C12H18FIN2S/c1-4-8(7-17-3)16(2)12-5-9(13)10(14)6-11(12)15/h5-6,8H,4,7,15H2,1-3H3. The quantitative estimate of drug-likeness (QED) is 0.636. The van der Waals surface area contributed by atoms with Gasteiger partial charge in [-0.3, -0.25) is 0 Å². The van der Waals surface area contributed by atoms with Crippen LogP contribution in [0.25, 0.3) is 0 Å². The molecular weight excluding hydrogens is 350 g/mol. The molecule has 0 aliphatic heterocycles. The van der Waals surface area contributed by atoms with Gasteiger partial charge in [-0.1, -0.05) is 6.92 Å². The molecule has 1 unspecified atom stereocenters. The largest absolute Gasteiger partial charge is 0.397 e. The highest BCUT2D eigenvalue weighted by Gasteiger charge is 2.16. The Bertz CT molecular complexity index is 387. The minimum absolute atomic E-state index is 0.208. The first-order valence-corrected chi connectivity index (χ1v) is 7.94. The molecule has 0 saturated carbocycles. The first-order valence-electron chi connectivity index (χ1n) is 5.47. The van der Waals surface area contributed by atoms with Gasteiger partial charge in [0.15, 0.2) is 0 Å². The fourth-order valence-electron chi connectivity index (χ4n) is 1.75. The maximum absolute atomic E-state index is 13.6. The molecule has 1 rings (SSSR count). The molecule has 0 fully saturated rings. The van der Waals surface area contributed by atoms with Gasteiger partial charge in [0.2, 0.25) is 0 Å². The van der Waals surface area contributed by atoms with Gasteiger partial charge < -0.3 is 10.6 Å². The summed E-state index contributed by atoms with van der Waals surface area (Å²) < 4.78 is 14.1. The molecule has 0 amide bonds. The third kappa shape index (κ3) is 3.64. The zero-order valence-corrected chi connectivity index (χ0v) is 13.3. The number of rotatable bonds is 5. The summed E-state index contributed by atoms with van der Waals surface area (Å²) in [7, 11) is 1.97. The summed E-state index contributed by atoms with van der Waals surface area (Å²) in [5, 5.41) is 0. The summed E-state index contributed by atoms with van der Waals surface area (Å²) in [6, 6.07) is 3.60. The van der Waals surface area contributed by atoms with Crippen LogP contribution in [0.2, 0.25) is 0 Å². The molecule has 0 radical (unpaired) electrons. The SMILES string of the molecule is CCC(CSC)N(C)c1cc(F)c(I)cc1N. The van der Waals surface area contributed by atoms with Crippen molar-refractivity contribution in [3.05, 3.63) is 21.5 Å². The van der Waals surface area contributed by atoms with E-state index in [1.165, 1.54) is 6.07 Å². The van der Waals surface area contributed by atoms with E-state index < -0.39 is 0 Å². The number of halogens is 2. The van der Waals surface area contributed by atoms with Gasteiger partial charge in [0.05, 0.1) is 14.9 Å². The first-order chi connectivity index (χ1) is 8.01. The number of nitrogens with zero attached hydrogens (tertiary/aromatic N) is 1. The molecule has 5 heteroatoms. The highest BCUT2D eigenvalue weighted by Crippen LogP contribution is 2.29. The molecule has 0 heterocycles. The zero-order valence-electron chi connectivity index (χ0n) is 10.3. The van der Waals surface area contributed by atoms with Crippen LogP contribution in [0, 0.1) is 9.39 Å². The normalized spacial score (nSPS) is 12.5. The summed E-state index contributed by atoms with van der Waals surface area (Å²) in [4.78, 5) is 2.07. The van der Waals surface area contributed by atoms with E-state index >= 15 is 0 Å². The third-order valence-electron chi connectivity index (χ3n) is 2.83. The Labute approximate surface area is 120 Å². The van der Waals surface area contributed by atoms with E-state index in [9.17, 15) is 4.39 Å². The minimum Gasteiger partial charge on any atom is -0.397 e. The van der Waals surface area contributed by atoms with Gasteiger partial charge in [-0.15, -0.1) is 0 Å². The van der Waals surface area contributed by atoms with Gasteiger partial charge in [0.1, 0.15) is 5.82 Å². The number of nitrogens with two attached hydrogens (primary N) is 1. The predicted molar refractivity (Wildman–Crippen MR) is 84.4 cm³/mol. The maximum atomic E-state index is 13.6. The molecule has 1 atom stereocenters. The molecule has 0 bridgehead atoms. The highest BCUT2D eigenvalue weighted by molar-refractivity contribution is 14.1. The van der Waals surface area contributed by atoms with E-state index in [0.717, 1.165) is 17.9 Å². The lowest BCUT2D eigenvalue weighted by Gasteiger charge is -2.30. The molecule has 0 aromatic heterocycles. The smallest absolute Gasteiger partial charge is 0.138 e. The van der Waals surface area contributed by atoms with Gasteiger partial charge in [-0.2, -0.15) is 11.8 Å². The summed E-state index contributed by atoms with van der Waals surface area (Å²) in [5.41, 5.74) is 7.38. The fraction of sp³-hybridized carbons (Fsp3) is 0.500. The van der Waals surface area contributed by atoms with Gasteiger partial charge in [0.25, 0.3) is 0 Å². The van der Waals surface area contributed by atoms with Crippen molar-refractivity contribution in [2.24, 2.45) is 0 Å². The molecule has 0 saturated heterocycles. The van der Waals surface area contributed by atoms with Crippen LogP contribution in [0.1, 0.15) is 13.3 Å². The minimum atomic E-state index is -0.208. The molecule has 0 aliphatic rings. The molecule has 2 N–H and O–H groups in total. The number of benzene rings is 1. The Hall–Kier alpha value is -0.170. The summed E-state index contributed by atoms with van der Waals surface area (Å²) in [5.74, 6) is 0.806. The molecule has 2 nitrogen and oxygen atoms in total. The Balaban J connectivity index is 3.02. The number of nitrogen functional groups attached to an aromatic ring is 1. The van der Waals surface area contributed by atoms with Crippen molar-refractivity contribution < 1.29 is 4.39 Å². The van der Waals surface area contributed by atoms with Crippen molar-refractivity contribution in [1.82, 2.24) is 0 Å². The van der Waals surface area contributed by atoms with Crippen LogP contribution in [0.15, 0.2) is 12.1 Å². The summed E-state index contributed by atoms with van der Waals surface area (Å²) >= 11 is 3.75. The van der Waals surface area contributed by atoms with Crippen LogP contribution >= 0.6 is 34.4 Å². The lowest BCUT2D eigenvalue weighted by molar-refractivity contribution is 0.616. The lowest BCUT2D eigenvalue weighted by atomic mass is 10.2. The molecule has 17 heavy (non-hydrogen) atoms. The molecular formula is C12H18FIN2S. The number of hydrogen-bond acceptors (Lipinski definition) is 3. The average Bonchev–Trinajstić information content (AvgIpc) is 2.30. The zero-order chi connectivity index (χ0) is 13.0. The predicted octanol–water partition coefficient (Wildman–Crippen LogP) is 3.59. The Morgan fingerprint density at radius 1 is 1.53 bits per heavy atom. The van der Waals surface area contributed by atoms with Crippen molar-refractivity contribution in [1.29, 1.82) is 0 Å². The van der Waals surface area contributed by atoms with Crippen LogP contribution < -0.4 is 10.6 Å². The van der Waals surface area contributed by atoms with Gasteiger partial charge in [-0.05, 0) is 41.3 Å². The average molecular weight is 368 g/mol. The van der Waals surface area contributed by atoms with Crippen LogP contribution in [0.5, 0.6) is 0 Å². The van der Waals surface area contributed by atoms with Crippen LogP contribution in [0.3, 0.4) is 0 Å². The molecule has 1 aromatic rings. The van der Waals surface area contributed by atoms with Crippen molar-refractivity contribution in [2.45, 2.75) is 19.4 Å². The van der Waals surface area contributed by atoms with E-state index in [2.05, 4.69) is 18.1 Å². The second-order valence-electron chi connectivity index (χ2n) is 3.95. The van der Waals surface area contributed by atoms with Gasteiger partial charge in [0, 0.05) is 24.9 Å². The van der Waals surface area contributed by atoms with E-state index in [0.29, 0.717) is 15.3 Å². The van der Waals surface area contributed by atoms with Crippen LogP contribution in [0.4, 0.5) is 15.8 Å². The summed E-state index contributed by atoms with van der Waals surface area (Å²) in [6.07, 6.45) is 3.10.